The molecule has 0 heterocycles. The molecule has 0 aromatic rings. The lowest BCUT2D eigenvalue weighted by Gasteiger charge is -2.22. The SMILES string of the molecule is CC(C)[C@@H](N)C(C)(F)F. The summed E-state index contributed by atoms with van der Waals surface area (Å²) >= 11 is 0. The molecule has 0 aliphatic carbocycles. The molecule has 0 unspecified atom stereocenters. The number of rotatable bonds is 2. The van der Waals surface area contributed by atoms with Crippen LogP contribution in [0.1, 0.15) is 20.8 Å². The van der Waals surface area contributed by atoms with Crippen molar-refractivity contribution in [2.75, 3.05) is 0 Å². The van der Waals surface area contributed by atoms with E-state index in [1.807, 2.05) is 0 Å². The van der Waals surface area contributed by atoms with Gasteiger partial charge in [0, 0.05) is 6.92 Å². The van der Waals surface area contributed by atoms with E-state index in [1.54, 1.807) is 13.8 Å². The van der Waals surface area contributed by atoms with Crippen LogP contribution < -0.4 is 5.73 Å². The molecule has 0 aromatic heterocycles. The molecule has 0 fully saturated rings. The lowest BCUT2D eigenvalue weighted by molar-refractivity contribution is -0.0194. The number of hydrogen-bond donors (Lipinski definition) is 1. The quantitative estimate of drug-likeness (QED) is 0.615. The van der Waals surface area contributed by atoms with Crippen LogP contribution in [0.3, 0.4) is 0 Å². The summed E-state index contributed by atoms with van der Waals surface area (Å²) in [6, 6.07) is -1.02. The first-order valence-corrected chi connectivity index (χ1v) is 2.99. The lowest BCUT2D eigenvalue weighted by atomic mass is 10.0. The first-order chi connectivity index (χ1) is 3.85. The summed E-state index contributed by atoms with van der Waals surface area (Å²) in [4.78, 5) is 0. The van der Waals surface area contributed by atoms with Gasteiger partial charge in [0.25, 0.3) is 5.92 Å². The Hall–Kier alpha value is -0.180. The summed E-state index contributed by atoms with van der Waals surface area (Å²) in [6.45, 7) is 4.21. The molecule has 1 nitrogen and oxygen atoms in total. The van der Waals surface area contributed by atoms with Crippen molar-refractivity contribution in [3.8, 4) is 0 Å². The Morgan fingerprint density at radius 1 is 1.33 bits per heavy atom. The maximum absolute atomic E-state index is 12.2. The van der Waals surface area contributed by atoms with E-state index in [4.69, 9.17) is 5.73 Å². The molecule has 0 radical (unpaired) electrons. The van der Waals surface area contributed by atoms with Crippen molar-refractivity contribution in [3.05, 3.63) is 0 Å². The number of alkyl halides is 2. The van der Waals surface area contributed by atoms with Gasteiger partial charge in [-0.05, 0) is 5.92 Å². The van der Waals surface area contributed by atoms with Gasteiger partial charge in [0.2, 0.25) is 0 Å². The molecule has 0 saturated heterocycles. The normalized spacial score (nSPS) is 16.3. The third kappa shape index (κ3) is 2.75. The molecular formula is C6H13F2N. The molecule has 0 spiro atoms. The van der Waals surface area contributed by atoms with Gasteiger partial charge in [-0.2, -0.15) is 0 Å². The second-order valence-corrected chi connectivity index (χ2v) is 2.73. The number of halogens is 2. The molecule has 9 heavy (non-hydrogen) atoms. The van der Waals surface area contributed by atoms with Gasteiger partial charge in [-0.1, -0.05) is 13.8 Å². The maximum Gasteiger partial charge on any atom is 0.260 e. The zero-order valence-corrected chi connectivity index (χ0v) is 5.99. The van der Waals surface area contributed by atoms with Crippen molar-refractivity contribution in [1.82, 2.24) is 0 Å². The minimum atomic E-state index is -2.74. The fourth-order valence-electron chi connectivity index (χ4n) is 0.585. The molecule has 1 atom stereocenters. The second-order valence-electron chi connectivity index (χ2n) is 2.73. The summed E-state index contributed by atoms with van der Waals surface area (Å²) in [6.07, 6.45) is 0. The first kappa shape index (κ1) is 8.82. The van der Waals surface area contributed by atoms with Crippen LogP contribution in [0.15, 0.2) is 0 Å². The van der Waals surface area contributed by atoms with Gasteiger partial charge in [0.1, 0.15) is 0 Å². The maximum atomic E-state index is 12.2. The average Bonchev–Trinajstić information content (AvgIpc) is 1.62. The largest absolute Gasteiger partial charge is 0.322 e. The van der Waals surface area contributed by atoms with Crippen molar-refractivity contribution < 1.29 is 8.78 Å². The van der Waals surface area contributed by atoms with Crippen LogP contribution >= 0.6 is 0 Å². The fourth-order valence-corrected chi connectivity index (χ4v) is 0.585. The Balaban J connectivity index is 3.88. The van der Waals surface area contributed by atoms with Gasteiger partial charge < -0.3 is 5.73 Å². The molecule has 0 saturated carbocycles. The Bertz CT molecular complexity index is 85.5. The monoisotopic (exact) mass is 137 g/mol. The van der Waals surface area contributed by atoms with Gasteiger partial charge >= 0.3 is 0 Å². The summed E-state index contributed by atoms with van der Waals surface area (Å²) in [5.74, 6) is -2.90. The highest BCUT2D eigenvalue weighted by molar-refractivity contribution is 4.77. The van der Waals surface area contributed by atoms with Gasteiger partial charge in [-0.25, -0.2) is 8.78 Å². The zero-order valence-electron chi connectivity index (χ0n) is 5.99. The van der Waals surface area contributed by atoms with Crippen LogP contribution in [0.2, 0.25) is 0 Å². The van der Waals surface area contributed by atoms with E-state index in [9.17, 15) is 8.78 Å². The molecule has 2 N–H and O–H groups in total. The third-order valence-electron chi connectivity index (χ3n) is 1.30. The van der Waals surface area contributed by atoms with Gasteiger partial charge in [0.15, 0.2) is 0 Å². The summed E-state index contributed by atoms with van der Waals surface area (Å²) in [5.41, 5.74) is 5.14. The van der Waals surface area contributed by atoms with Gasteiger partial charge in [-0.3, -0.25) is 0 Å². The van der Waals surface area contributed by atoms with Crippen LogP contribution in [-0.4, -0.2) is 12.0 Å². The Morgan fingerprint density at radius 3 is 1.67 bits per heavy atom. The highest BCUT2D eigenvalue weighted by Crippen LogP contribution is 2.20. The van der Waals surface area contributed by atoms with Crippen molar-refractivity contribution in [3.63, 3.8) is 0 Å². The second kappa shape index (κ2) is 2.60. The molecular weight excluding hydrogens is 124 g/mol. The summed E-state index contributed by atoms with van der Waals surface area (Å²) in [5, 5.41) is 0. The first-order valence-electron chi connectivity index (χ1n) is 2.99. The van der Waals surface area contributed by atoms with Crippen LogP contribution in [0, 0.1) is 5.92 Å². The predicted molar refractivity (Wildman–Crippen MR) is 33.4 cm³/mol. The fraction of sp³-hybridized carbons (Fsp3) is 1.00. The van der Waals surface area contributed by atoms with E-state index in [2.05, 4.69) is 0 Å². The summed E-state index contributed by atoms with van der Waals surface area (Å²) < 4.78 is 24.5. The van der Waals surface area contributed by atoms with Crippen LogP contribution in [0.5, 0.6) is 0 Å². The highest BCUT2D eigenvalue weighted by Gasteiger charge is 2.32. The summed E-state index contributed by atoms with van der Waals surface area (Å²) in [7, 11) is 0. The van der Waals surface area contributed by atoms with Crippen LogP contribution in [-0.2, 0) is 0 Å². The Kier molecular flexibility index (Phi) is 2.55. The van der Waals surface area contributed by atoms with Crippen molar-refractivity contribution in [2.45, 2.75) is 32.7 Å². The minimum Gasteiger partial charge on any atom is -0.322 e. The van der Waals surface area contributed by atoms with E-state index < -0.39 is 12.0 Å². The van der Waals surface area contributed by atoms with Crippen molar-refractivity contribution in [1.29, 1.82) is 0 Å². The van der Waals surface area contributed by atoms with E-state index in [1.165, 1.54) is 0 Å². The smallest absolute Gasteiger partial charge is 0.260 e. The molecule has 56 valence electrons. The number of hydrogen-bond acceptors (Lipinski definition) is 1. The lowest BCUT2D eigenvalue weighted by Crippen LogP contribution is -2.42. The molecule has 3 heteroatoms. The zero-order chi connectivity index (χ0) is 7.65. The molecule has 0 amide bonds. The molecule has 0 aromatic carbocycles. The van der Waals surface area contributed by atoms with Crippen LogP contribution in [0.25, 0.3) is 0 Å². The highest BCUT2D eigenvalue weighted by atomic mass is 19.3. The van der Waals surface area contributed by atoms with E-state index in [0.717, 1.165) is 6.92 Å². The Labute approximate surface area is 54.2 Å². The Morgan fingerprint density at radius 2 is 1.67 bits per heavy atom. The molecule has 0 aliphatic rings. The topological polar surface area (TPSA) is 26.0 Å². The standard InChI is InChI=1S/C6H13F2N/c1-4(2)5(9)6(3,7)8/h4-5H,9H2,1-3H3/t5-/m1/s1. The average molecular weight is 137 g/mol. The number of nitrogens with two attached hydrogens (primary N) is 1. The molecule has 0 rings (SSSR count). The van der Waals surface area contributed by atoms with Gasteiger partial charge in [-0.15, -0.1) is 0 Å². The molecule has 0 bridgehead atoms. The van der Waals surface area contributed by atoms with E-state index >= 15 is 0 Å². The molecule has 0 aliphatic heterocycles. The third-order valence-corrected chi connectivity index (χ3v) is 1.30. The van der Waals surface area contributed by atoms with E-state index in [0.29, 0.717) is 0 Å². The van der Waals surface area contributed by atoms with E-state index in [-0.39, 0.29) is 5.92 Å². The van der Waals surface area contributed by atoms with Crippen LogP contribution in [0.4, 0.5) is 8.78 Å². The minimum absolute atomic E-state index is 0.162. The predicted octanol–water partition coefficient (Wildman–Crippen LogP) is 1.62. The van der Waals surface area contributed by atoms with Crippen molar-refractivity contribution >= 4 is 0 Å². The van der Waals surface area contributed by atoms with Gasteiger partial charge in [0.05, 0.1) is 6.04 Å². The van der Waals surface area contributed by atoms with Crippen molar-refractivity contribution in [2.24, 2.45) is 11.7 Å².